The quantitative estimate of drug-likeness (QED) is 0.379. The topological polar surface area (TPSA) is 74.7 Å². The number of aromatic nitrogens is 1. The van der Waals surface area contributed by atoms with Gasteiger partial charge in [-0.3, -0.25) is 0 Å². The first-order valence-electron chi connectivity index (χ1n) is 7.94. The lowest BCUT2D eigenvalue weighted by Crippen LogP contribution is -2.29. The van der Waals surface area contributed by atoms with Gasteiger partial charge in [0.25, 0.3) is 0 Å². The van der Waals surface area contributed by atoms with Crippen LogP contribution in [0.3, 0.4) is 0 Å². The molecule has 1 fully saturated rings. The normalized spacial score (nSPS) is 23.0. The Hall–Kier alpha value is -1.78. The van der Waals surface area contributed by atoms with Gasteiger partial charge >= 0.3 is 0 Å². The summed E-state index contributed by atoms with van der Waals surface area (Å²) in [4.78, 5) is 7.18. The summed E-state index contributed by atoms with van der Waals surface area (Å²) < 4.78 is 0. The molecule has 1 unspecified atom stereocenters. The van der Waals surface area contributed by atoms with Gasteiger partial charge < -0.3 is 15.8 Å². The second-order valence-corrected chi connectivity index (χ2v) is 6.33. The number of pyridine rings is 1. The van der Waals surface area contributed by atoms with Crippen LogP contribution in [0.25, 0.3) is 0 Å². The molecule has 3 rings (SSSR count). The first kappa shape index (κ1) is 14.2. The Kier molecular flexibility index (Phi) is 3.99. The summed E-state index contributed by atoms with van der Waals surface area (Å²) in [5.41, 5.74) is 9.13. The highest BCUT2D eigenvalue weighted by Crippen LogP contribution is 2.29. The van der Waals surface area contributed by atoms with Crippen molar-refractivity contribution in [2.75, 3.05) is 18.0 Å². The molecular formula is C16H24N4O. The van der Waals surface area contributed by atoms with Crippen molar-refractivity contribution in [1.82, 2.24) is 4.98 Å². The summed E-state index contributed by atoms with van der Waals surface area (Å²) in [6.45, 7) is 4.31. The molecule has 2 aliphatic rings. The van der Waals surface area contributed by atoms with Crippen molar-refractivity contribution in [2.45, 2.75) is 45.4 Å². The molecule has 5 heteroatoms. The van der Waals surface area contributed by atoms with Gasteiger partial charge in [-0.2, -0.15) is 0 Å². The van der Waals surface area contributed by atoms with Crippen molar-refractivity contribution in [3.8, 4) is 0 Å². The monoisotopic (exact) mass is 288 g/mol. The second-order valence-electron chi connectivity index (χ2n) is 6.33. The van der Waals surface area contributed by atoms with Gasteiger partial charge in [-0.05, 0) is 56.1 Å². The number of nitrogens with two attached hydrogens (primary N) is 1. The Morgan fingerprint density at radius 3 is 3.00 bits per heavy atom. The molecule has 0 radical (unpaired) electrons. The molecule has 1 aromatic rings. The van der Waals surface area contributed by atoms with Gasteiger partial charge in [-0.1, -0.05) is 12.1 Å². The van der Waals surface area contributed by atoms with Gasteiger partial charge in [0.15, 0.2) is 5.84 Å². The van der Waals surface area contributed by atoms with Crippen LogP contribution in [-0.4, -0.2) is 29.1 Å². The first-order valence-corrected chi connectivity index (χ1v) is 7.94. The van der Waals surface area contributed by atoms with Crippen molar-refractivity contribution < 1.29 is 5.21 Å². The predicted octanol–water partition coefficient (Wildman–Crippen LogP) is 2.29. The third-order valence-electron chi connectivity index (χ3n) is 4.73. The van der Waals surface area contributed by atoms with E-state index < -0.39 is 0 Å². The SMILES string of the molecule is CC1CCCN(c2nc3c(cc2C(N)=NO)CCC3)CC1. The standard InChI is InChI=1S/C16H24N4O/c1-11-4-3-8-20(9-7-11)16-13(15(17)19-21)10-12-5-2-6-14(12)18-16/h10-11,21H,2-9H2,1H3,(H2,17,19). The highest BCUT2D eigenvalue weighted by molar-refractivity contribution is 6.01. The zero-order chi connectivity index (χ0) is 14.8. The van der Waals surface area contributed by atoms with Crippen molar-refractivity contribution in [3.05, 3.63) is 22.9 Å². The molecule has 1 aliphatic carbocycles. The van der Waals surface area contributed by atoms with Gasteiger partial charge in [-0.15, -0.1) is 0 Å². The van der Waals surface area contributed by atoms with E-state index in [4.69, 9.17) is 15.9 Å². The lowest BCUT2D eigenvalue weighted by molar-refractivity contribution is 0.318. The fourth-order valence-corrected chi connectivity index (χ4v) is 3.42. The van der Waals surface area contributed by atoms with Crippen LogP contribution in [0.2, 0.25) is 0 Å². The summed E-state index contributed by atoms with van der Waals surface area (Å²) in [6, 6.07) is 2.08. The van der Waals surface area contributed by atoms with Crippen LogP contribution in [0.15, 0.2) is 11.2 Å². The Morgan fingerprint density at radius 1 is 1.33 bits per heavy atom. The van der Waals surface area contributed by atoms with E-state index in [0.717, 1.165) is 49.7 Å². The molecule has 1 atom stereocenters. The van der Waals surface area contributed by atoms with E-state index >= 15 is 0 Å². The third-order valence-corrected chi connectivity index (χ3v) is 4.73. The number of anilines is 1. The fourth-order valence-electron chi connectivity index (χ4n) is 3.42. The van der Waals surface area contributed by atoms with Crippen LogP contribution >= 0.6 is 0 Å². The smallest absolute Gasteiger partial charge is 0.173 e. The molecule has 21 heavy (non-hydrogen) atoms. The maximum atomic E-state index is 9.07. The Morgan fingerprint density at radius 2 is 2.19 bits per heavy atom. The minimum atomic E-state index is 0.171. The van der Waals surface area contributed by atoms with Crippen molar-refractivity contribution in [3.63, 3.8) is 0 Å². The van der Waals surface area contributed by atoms with E-state index in [-0.39, 0.29) is 5.84 Å². The minimum absolute atomic E-state index is 0.171. The predicted molar refractivity (Wildman–Crippen MR) is 84.0 cm³/mol. The molecule has 0 saturated carbocycles. The van der Waals surface area contributed by atoms with Crippen molar-refractivity contribution in [2.24, 2.45) is 16.8 Å². The van der Waals surface area contributed by atoms with Gasteiger partial charge in [0.1, 0.15) is 5.82 Å². The summed E-state index contributed by atoms with van der Waals surface area (Å²) in [5.74, 6) is 1.83. The third kappa shape index (κ3) is 2.82. The van der Waals surface area contributed by atoms with Gasteiger partial charge in [-0.25, -0.2) is 4.98 Å². The number of fused-ring (bicyclic) bond motifs is 1. The molecule has 2 heterocycles. The Bertz CT molecular complexity index is 555. The molecule has 1 saturated heterocycles. The molecule has 5 nitrogen and oxygen atoms in total. The van der Waals surface area contributed by atoms with Gasteiger partial charge in [0, 0.05) is 18.8 Å². The number of hydrogen-bond donors (Lipinski definition) is 2. The number of nitrogens with zero attached hydrogens (tertiary/aromatic N) is 3. The van der Waals surface area contributed by atoms with Crippen molar-refractivity contribution >= 4 is 11.7 Å². The van der Waals surface area contributed by atoms with E-state index in [0.29, 0.717) is 0 Å². The molecule has 3 N–H and O–H groups in total. The minimum Gasteiger partial charge on any atom is -0.409 e. The Labute approximate surface area is 125 Å². The molecule has 0 bridgehead atoms. The lowest BCUT2D eigenvalue weighted by atomic mass is 10.0. The van der Waals surface area contributed by atoms with E-state index in [1.165, 1.54) is 30.5 Å². The van der Waals surface area contributed by atoms with Crippen molar-refractivity contribution in [1.29, 1.82) is 0 Å². The van der Waals surface area contributed by atoms with E-state index in [9.17, 15) is 0 Å². The molecule has 0 spiro atoms. The number of oxime groups is 1. The van der Waals surface area contributed by atoms with E-state index in [1.807, 2.05) is 0 Å². The maximum absolute atomic E-state index is 9.07. The van der Waals surface area contributed by atoms with Crippen LogP contribution in [0.1, 0.15) is 49.4 Å². The van der Waals surface area contributed by atoms with Crippen LogP contribution in [0.5, 0.6) is 0 Å². The highest BCUT2D eigenvalue weighted by atomic mass is 16.4. The van der Waals surface area contributed by atoms with Gasteiger partial charge in [0.2, 0.25) is 0 Å². The first-order chi connectivity index (χ1) is 10.2. The lowest BCUT2D eigenvalue weighted by Gasteiger charge is -2.25. The number of rotatable bonds is 2. The maximum Gasteiger partial charge on any atom is 0.173 e. The summed E-state index contributed by atoms with van der Waals surface area (Å²) >= 11 is 0. The zero-order valence-electron chi connectivity index (χ0n) is 12.7. The Balaban J connectivity index is 1.99. The van der Waals surface area contributed by atoms with Crippen LogP contribution in [-0.2, 0) is 12.8 Å². The van der Waals surface area contributed by atoms with Gasteiger partial charge in [0.05, 0.1) is 5.56 Å². The summed E-state index contributed by atoms with van der Waals surface area (Å²) in [6.07, 6.45) is 6.86. The zero-order valence-corrected chi connectivity index (χ0v) is 12.7. The molecule has 0 aromatic carbocycles. The fraction of sp³-hybridized carbons (Fsp3) is 0.625. The summed E-state index contributed by atoms with van der Waals surface area (Å²) in [7, 11) is 0. The molecule has 1 aliphatic heterocycles. The van der Waals surface area contributed by atoms with Crippen LogP contribution in [0.4, 0.5) is 5.82 Å². The molecule has 114 valence electrons. The number of amidine groups is 1. The second kappa shape index (κ2) is 5.92. The van der Waals surface area contributed by atoms with Crippen LogP contribution < -0.4 is 10.6 Å². The number of aryl methyl sites for hydroxylation is 2. The van der Waals surface area contributed by atoms with Crippen LogP contribution in [0, 0.1) is 5.92 Å². The number of hydrogen-bond acceptors (Lipinski definition) is 4. The average molecular weight is 288 g/mol. The molecular weight excluding hydrogens is 264 g/mol. The highest BCUT2D eigenvalue weighted by Gasteiger charge is 2.23. The van der Waals surface area contributed by atoms with E-state index in [2.05, 4.69) is 23.0 Å². The molecule has 0 amide bonds. The van der Waals surface area contributed by atoms with E-state index in [1.54, 1.807) is 0 Å². The summed E-state index contributed by atoms with van der Waals surface area (Å²) in [5, 5.41) is 12.3. The largest absolute Gasteiger partial charge is 0.409 e. The molecule has 1 aromatic heterocycles. The average Bonchev–Trinajstić information content (AvgIpc) is 2.85.